The lowest BCUT2D eigenvalue weighted by atomic mass is 9.95. The van der Waals surface area contributed by atoms with E-state index in [1.807, 2.05) is 0 Å². The molecule has 1 aliphatic rings. The van der Waals surface area contributed by atoms with Crippen LogP contribution in [0.5, 0.6) is 0 Å². The molecule has 116 valence electrons. The molecule has 0 aromatic carbocycles. The smallest absolute Gasteiger partial charge is 0.287 e. The second kappa shape index (κ2) is 6.85. The highest BCUT2D eigenvalue weighted by Crippen LogP contribution is 2.17. The average molecular weight is 304 g/mol. The first-order valence-corrected chi connectivity index (χ1v) is 7.09. The van der Waals surface area contributed by atoms with Crippen LogP contribution in [0.4, 0.5) is 5.69 Å². The Bertz CT molecular complexity index is 683. The highest BCUT2D eigenvalue weighted by atomic mass is 16.6. The standard InChI is InChI=1S/C14H16N4O4/c15-7-10-6-12(18(21)22)8-17(14(10)20)9-13(19)16-11-4-2-1-3-5-11/h6,8,11H,1-5,9H2,(H,16,19). The fourth-order valence-electron chi connectivity index (χ4n) is 2.59. The Morgan fingerprint density at radius 3 is 2.73 bits per heavy atom. The minimum absolute atomic E-state index is 0.0890. The number of aromatic nitrogens is 1. The molecule has 0 radical (unpaired) electrons. The number of nitriles is 1. The monoisotopic (exact) mass is 304 g/mol. The largest absolute Gasteiger partial charge is 0.352 e. The van der Waals surface area contributed by atoms with Gasteiger partial charge in [0.1, 0.15) is 18.2 Å². The number of carbonyl (C=O) groups is 1. The van der Waals surface area contributed by atoms with Gasteiger partial charge in [0.25, 0.3) is 11.2 Å². The summed E-state index contributed by atoms with van der Waals surface area (Å²) in [6, 6.07) is 2.62. The van der Waals surface area contributed by atoms with Crippen molar-refractivity contribution in [1.29, 1.82) is 5.26 Å². The van der Waals surface area contributed by atoms with Gasteiger partial charge in [-0.25, -0.2) is 0 Å². The molecule has 1 N–H and O–H groups in total. The van der Waals surface area contributed by atoms with Gasteiger partial charge < -0.3 is 5.32 Å². The Kier molecular flexibility index (Phi) is 4.88. The van der Waals surface area contributed by atoms with E-state index in [1.54, 1.807) is 6.07 Å². The van der Waals surface area contributed by atoms with Crippen molar-refractivity contribution in [3.05, 3.63) is 38.3 Å². The van der Waals surface area contributed by atoms with Crippen molar-refractivity contribution in [2.45, 2.75) is 44.7 Å². The Hall–Kier alpha value is -2.69. The van der Waals surface area contributed by atoms with Crippen LogP contribution in [0.25, 0.3) is 0 Å². The Morgan fingerprint density at radius 2 is 2.14 bits per heavy atom. The second-order valence-electron chi connectivity index (χ2n) is 5.32. The molecule has 8 nitrogen and oxygen atoms in total. The van der Waals surface area contributed by atoms with Gasteiger partial charge in [-0.1, -0.05) is 19.3 Å². The molecule has 0 saturated heterocycles. The predicted molar refractivity (Wildman–Crippen MR) is 77.1 cm³/mol. The van der Waals surface area contributed by atoms with Crippen LogP contribution in [0.2, 0.25) is 0 Å². The maximum absolute atomic E-state index is 12.0. The summed E-state index contributed by atoms with van der Waals surface area (Å²) in [5, 5.41) is 22.5. The first-order chi connectivity index (χ1) is 10.5. The molecule has 2 rings (SSSR count). The van der Waals surface area contributed by atoms with Crippen LogP contribution in [-0.4, -0.2) is 21.4 Å². The SMILES string of the molecule is N#Cc1cc([N+](=O)[O-])cn(CC(=O)NC2CCCCC2)c1=O. The molecule has 1 heterocycles. The van der Waals surface area contributed by atoms with Crippen LogP contribution in [0.15, 0.2) is 17.1 Å². The fourth-order valence-corrected chi connectivity index (χ4v) is 2.59. The van der Waals surface area contributed by atoms with Gasteiger partial charge in [0.2, 0.25) is 5.91 Å². The molecule has 1 aromatic heterocycles. The summed E-state index contributed by atoms with van der Waals surface area (Å²) >= 11 is 0. The van der Waals surface area contributed by atoms with Crippen LogP contribution < -0.4 is 10.9 Å². The van der Waals surface area contributed by atoms with Gasteiger partial charge in [-0.2, -0.15) is 5.26 Å². The third-order valence-electron chi connectivity index (χ3n) is 3.69. The highest BCUT2D eigenvalue weighted by molar-refractivity contribution is 5.76. The minimum Gasteiger partial charge on any atom is -0.352 e. The van der Waals surface area contributed by atoms with E-state index in [1.165, 1.54) is 0 Å². The number of nitrogens with zero attached hydrogens (tertiary/aromatic N) is 3. The van der Waals surface area contributed by atoms with Crippen molar-refractivity contribution in [2.75, 3.05) is 0 Å². The quantitative estimate of drug-likeness (QED) is 0.659. The van der Waals surface area contributed by atoms with E-state index in [0.717, 1.165) is 48.9 Å². The third kappa shape index (κ3) is 3.69. The van der Waals surface area contributed by atoms with Crippen molar-refractivity contribution in [1.82, 2.24) is 9.88 Å². The van der Waals surface area contributed by atoms with E-state index >= 15 is 0 Å². The topological polar surface area (TPSA) is 118 Å². The molecule has 1 aromatic rings. The number of carbonyl (C=O) groups excluding carboxylic acids is 1. The van der Waals surface area contributed by atoms with Crippen molar-refractivity contribution < 1.29 is 9.72 Å². The molecule has 0 aliphatic heterocycles. The normalized spacial score (nSPS) is 15.0. The lowest BCUT2D eigenvalue weighted by Crippen LogP contribution is -2.40. The summed E-state index contributed by atoms with van der Waals surface area (Å²) in [5.41, 5.74) is -1.44. The summed E-state index contributed by atoms with van der Waals surface area (Å²) in [5.74, 6) is -0.376. The van der Waals surface area contributed by atoms with E-state index < -0.39 is 10.5 Å². The van der Waals surface area contributed by atoms with E-state index in [4.69, 9.17) is 5.26 Å². The van der Waals surface area contributed by atoms with Crippen molar-refractivity contribution in [3.8, 4) is 6.07 Å². The van der Waals surface area contributed by atoms with Gasteiger partial charge >= 0.3 is 0 Å². The van der Waals surface area contributed by atoms with E-state index in [2.05, 4.69) is 5.32 Å². The van der Waals surface area contributed by atoms with E-state index in [0.29, 0.717) is 0 Å². The molecule has 22 heavy (non-hydrogen) atoms. The van der Waals surface area contributed by atoms with E-state index in [9.17, 15) is 19.7 Å². The zero-order valence-corrected chi connectivity index (χ0v) is 11.9. The Labute approximate surface area is 126 Å². The molecular weight excluding hydrogens is 288 g/mol. The maximum atomic E-state index is 12.0. The lowest BCUT2D eigenvalue weighted by Gasteiger charge is -2.22. The Morgan fingerprint density at radius 1 is 1.45 bits per heavy atom. The maximum Gasteiger partial charge on any atom is 0.287 e. The Balaban J connectivity index is 2.16. The molecule has 0 spiro atoms. The number of nitrogens with one attached hydrogen (secondary N) is 1. The molecule has 1 amide bonds. The van der Waals surface area contributed by atoms with Crippen LogP contribution in [0, 0.1) is 21.4 Å². The van der Waals surface area contributed by atoms with Crippen LogP contribution >= 0.6 is 0 Å². The lowest BCUT2D eigenvalue weighted by molar-refractivity contribution is -0.385. The first kappa shape index (κ1) is 15.7. The van der Waals surface area contributed by atoms with Gasteiger partial charge in [0.05, 0.1) is 11.1 Å². The molecular formula is C14H16N4O4. The molecule has 8 heteroatoms. The van der Waals surface area contributed by atoms with Crippen molar-refractivity contribution in [2.24, 2.45) is 0 Å². The first-order valence-electron chi connectivity index (χ1n) is 7.09. The summed E-state index contributed by atoms with van der Waals surface area (Å²) in [6.45, 7) is -0.328. The number of pyridine rings is 1. The highest BCUT2D eigenvalue weighted by Gasteiger charge is 2.18. The molecule has 1 saturated carbocycles. The van der Waals surface area contributed by atoms with Gasteiger partial charge in [-0.15, -0.1) is 0 Å². The molecule has 0 bridgehead atoms. The van der Waals surface area contributed by atoms with Crippen LogP contribution in [-0.2, 0) is 11.3 Å². The molecule has 1 fully saturated rings. The number of hydrogen-bond acceptors (Lipinski definition) is 5. The minimum atomic E-state index is -0.702. The second-order valence-corrected chi connectivity index (χ2v) is 5.32. The number of hydrogen-bond donors (Lipinski definition) is 1. The average Bonchev–Trinajstić information content (AvgIpc) is 2.50. The summed E-state index contributed by atoms with van der Waals surface area (Å²) in [6.07, 6.45) is 6.06. The number of rotatable bonds is 4. The predicted octanol–water partition coefficient (Wildman–Crippen LogP) is 1.08. The van der Waals surface area contributed by atoms with Crippen molar-refractivity contribution >= 4 is 11.6 Å². The summed E-state index contributed by atoms with van der Waals surface area (Å²) < 4.78 is 0.912. The summed E-state index contributed by atoms with van der Waals surface area (Å²) in [7, 11) is 0. The van der Waals surface area contributed by atoms with Crippen LogP contribution in [0.3, 0.4) is 0 Å². The van der Waals surface area contributed by atoms with Crippen LogP contribution in [0.1, 0.15) is 37.7 Å². The molecule has 1 aliphatic carbocycles. The molecule has 0 unspecified atom stereocenters. The van der Waals surface area contributed by atoms with Gasteiger partial charge in [0, 0.05) is 12.1 Å². The number of amides is 1. The third-order valence-corrected chi connectivity index (χ3v) is 3.69. The number of nitro groups is 1. The summed E-state index contributed by atoms with van der Waals surface area (Å²) in [4.78, 5) is 34.0. The van der Waals surface area contributed by atoms with Gasteiger partial charge in [-0.05, 0) is 12.8 Å². The van der Waals surface area contributed by atoms with Crippen molar-refractivity contribution in [3.63, 3.8) is 0 Å². The zero-order valence-electron chi connectivity index (χ0n) is 11.9. The van der Waals surface area contributed by atoms with Gasteiger partial charge in [0.15, 0.2) is 0 Å². The zero-order chi connectivity index (χ0) is 16.1. The van der Waals surface area contributed by atoms with E-state index in [-0.39, 0.29) is 29.7 Å². The fraction of sp³-hybridized carbons (Fsp3) is 0.500. The molecule has 0 atom stereocenters. The van der Waals surface area contributed by atoms with Gasteiger partial charge in [-0.3, -0.25) is 24.3 Å².